The molecular weight excluding hydrogens is 404 g/mol. The van der Waals surface area contributed by atoms with E-state index in [9.17, 15) is 18.3 Å². The lowest BCUT2D eigenvalue weighted by Crippen LogP contribution is -2.55. The van der Waals surface area contributed by atoms with Gasteiger partial charge in [-0.05, 0) is 53.7 Å². The van der Waals surface area contributed by atoms with Crippen molar-refractivity contribution in [3.63, 3.8) is 0 Å². The predicted octanol–water partition coefficient (Wildman–Crippen LogP) is 1.65. The van der Waals surface area contributed by atoms with Gasteiger partial charge in [-0.15, -0.1) is 11.3 Å². The molecule has 23 heavy (non-hydrogen) atoms. The number of halogens is 1. The fourth-order valence-corrected chi connectivity index (χ4v) is 6.75. The van der Waals surface area contributed by atoms with E-state index < -0.39 is 15.6 Å². The third-order valence-electron chi connectivity index (χ3n) is 4.50. The highest BCUT2D eigenvalue weighted by atomic mass is 79.9. The zero-order chi connectivity index (χ0) is 16.7. The van der Waals surface area contributed by atoms with Crippen molar-refractivity contribution in [1.29, 1.82) is 0 Å². The third-order valence-corrected chi connectivity index (χ3v) is 8.49. The molecular formula is C14H19BrN2O4S2. The van der Waals surface area contributed by atoms with Gasteiger partial charge >= 0.3 is 0 Å². The van der Waals surface area contributed by atoms with Crippen LogP contribution in [-0.4, -0.2) is 60.4 Å². The van der Waals surface area contributed by atoms with Crippen LogP contribution in [0.25, 0.3) is 0 Å². The molecule has 2 fully saturated rings. The second kappa shape index (κ2) is 6.44. The van der Waals surface area contributed by atoms with Gasteiger partial charge in [0.05, 0.1) is 3.79 Å². The van der Waals surface area contributed by atoms with Crippen molar-refractivity contribution in [2.75, 3.05) is 26.2 Å². The highest BCUT2D eigenvalue weighted by Gasteiger charge is 2.43. The summed E-state index contributed by atoms with van der Waals surface area (Å²) in [5.41, 5.74) is -1.24. The van der Waals surface area contributed by atoms with Gasteiger partial charge in [0.25, 0.3) is 15.9 Å². The molecule has 128 valence electrons. The molecule has 1 N–H and O–H groups in total. The number of carbonyl (C=O) groups is 1. The standard InChI is InChI=1S/C14H19BrN2O4S2/c15-11-3-4-12(22-11)23(20,21)17-9-7-16(8-10-17)13(18)14(19)5-1-2-6-14/h3-4,19H,1-2,5-10H2. The molecule has 1 aromatic heterocycles. The molecule has 0 radical (unpaired) electrons. The zero-order valence-corrected chi connectivity index (χ0v) is 15.8. The van der Waals surface area contributed by atoms with Crippen molar-refractivity contribution in [3.8, 4) is 0 Å². The minimum absolute atomic E-state index is 0.245. The summed E-state index contributed by atoms with van der Waals surface area (Å²) >= 11 is 4.46. The molecule has 9 heteroatoms. The van der Waals surface area contributed by atoms with E-state index in [-0.39, 0.29) is 19.0 Å². The van der Waals surface area contributed by atoms with Gasteiger partial charge in [-0.2, -0.15) is 4.31 Å². The van der Waals surface area contributed by atoms with Crippen molar-refractivity contribution < 1.29 is 18.3 Å². The van der Waals surface area contributed by atoms with Gasteiger partial charge in [0.1, 0.15) is 9.81 Å². The Hall–Kier alpha value is -0.480. The van der Waals surface area contributed by atoms with Crippen molar-refractivity contribution in [2.45, 2.75) is 35.5 Å². The van der Waals surface area contributed by atoms with Crippen LogP contribution in [0.15, 0.2) is 20.1 Å². The summed E-state index contributed by atoms with van der Waals surface area (Å²) in [6.45, 7) is 1.18. The second-order valence-electron chi connectivity index (χ2n) is 5.99. The monoisotopic (exact) mass is 422 g/mol. The molecule has 3 rings (SSSR count). The molecule has 0 unspecified atom stereocenters. The molecule has 1 aliphatic heterocycles. The highest BCUT2D eigenvalue weighted by molar-refractivity contribution is 9.11. The predicted molar refractivity (Wildman–Crippen MR) is 90.8 cm³/mol. The lowest BCUT2D eigenvalue weighted by atomic mass is 10.0. The molecule has 2 heterocycles. The Bertz CT molecular complexity index is 689. The Morgan fingerprint density at radius 1 is 1.17 bits per heavy atom. The Morgan fingerprint density at radius 3 is 2.30 bits per heavy atom. The molecule has 0 atom stereocenters. The van der Waals surface area contributed by atoms with Crippen molar-refractivity contribution >= 4 is 43.2 Å². The van der Waals surface area contributed by atoms with Crippen LogP contribution in [0.5, 0.6) is 0 Å². The Balaban J connectivity index is 1.65. The molecule has 6 nitrogen and oxygen atoms in total. The molecule has 1 aliphatic carbocycles. The van der Waals surface area contributed by atoms with E-state index in [1.54, 1.807) is 17.0 Å². The summed E-state index contributed by atoms with van der Waals surface area (Å²) in [5, 5.41) is 10.4. The Kier molecular flexibility index (Phi) is 4.85. The molecule has 1 amide bonds. The molecule has 2 aliphatic rings. The number of hydrogen-bond acceptors (Lipinski definition) is 5. The van der Waals surface area contributed by atoms with E-state index in [1.165, 1.54) is 15.6 Å². The van der Waals surface area contributed by atoms with Crippen molar-refractivity contribution in [2.24, 2.45) is 0 Å². The molecule has 1 saturated heterocycles. The van der Waals surface area contributed by atoms with E-state index >= 15 is 0 Å². The van der Waals surface area contributed by atoms with Gasteiger partial charge < -0.3 is 10.0 Å². The quantitative estimate of drug-likeness (QED) is 0.802. The van der Waals surface area contributed by atoms with Crippen LogP contribution < -0.4 is 0 Å². The first-order valence-electron chi connectivity index (χ1n) is 7.60. The summed E-state index contributed by atoms with van der Waals surface area (Å²) in [4.78, 5) is 14.1. The molecule has 0 bridgehead atoms. The average Bonchev–Trinajstić information content (AvgIpc) is 3.16. The van der Waals surface area contributed by atoms with Gasteiger partial charge in [0, 0.05) is 26.2 Å². The van der Waals surface area contributed by atoms with Crippen LogP contribution in [0.1, 0.15) is 25.7 Å². The minimum atomic E-state index is -3.50. The lowest BCUT2D eigenvalue weighted by molar-refractivity contribution is -0.151. The van der Waals surface area contributed by atoms with Gasteiger partial charge in [-0.1, -0.05) is 0 Å². The van der Waals surface area contributed by atoms with E-state index in [4.69, 9.17) is 0 Å². The summed E-state index contributed by atoms with van der Waals surface area (Å²) < 4.78 is 27.6. The summed E-state index contributed by atoms with van der Waals surface area (Å²) in [7, 11) is -3.50. The summed E-state index contributed by atoms with van der Waals surface area (Å²) in [6, 6.07) is 3.30. The first kappa shape index (κ1) is 17.3. The first-order valence-corrected chi connectivity index (χ1v) is 10.7. The van der Waals surface area contributed by atoms with Crippen LogP contribution in [0.4, 0.5) is 0 Å². The van der Waals surface area contributed by atoms with Gasteiger partial charge in [-0.25, -0.2) is 8.42 Å². The van der Waals surface area contributed by atoms with Crippen molar-refractivity contribution in [1.82, 2.24) is 9.21 Å². The number of amides is 1. The molecule has 1 aromatic rings. The average molecular weight is 423 g/mol. The number of piperazine rings is 1. The Labute approximate surface area is 148 Å². The maximum atomic E-state index is 12.6. The molecule has 1 saturated carbocycles. The van der Waals surface area contributed by atoms with Gasteiger partial charge in [0.2, 0.25) is 0 Å². The topological polar surface area (TPSA) is 77.9 Å². The second-order valence-corrected chi connectivity index (χ2v) is 10.6. The van der Waals surface area contributed by atoms with Crippen LogP contribution in [0.3, 0.4) is 0 Å². The lowest BCUT2D eigenvalue weighted by Gasteiger charge is -2.37. The maximum Gasteiger partial charge on any atom is 0.254 e. The van der Waals surface area contributed by atoms with Gasteiger partial charge in [-0.3, -0.25) is 4.79 Å². The SMILES string of the molecule is O=C(N1CCN(S(=O)(=O)c2ccc(Br)s2)CC1)C1(O)CCCC1. The number of nitrogens with zero attached hydrogens (tertiary/aromatic N) is 2. The summed E-state index contributed by atoms with van der Waals surface area (Å²) in [6.07, 6.45) is 2.74. The number of thiophene rings is 1. The highest BCUT2D eigenvalue weighted by Crippen LogP contribution is 2.32. The fourth-order valence-electron chi connectivity index (χ4n) is 3.16. The zero-order valence-electron chi connectivity index (χ0n) is 12.6. The normalized spacial score (nSPS) is 22.4. The minimum Gasteiger partial charge on any atom is -0.380 e. The fraction of sp³-hybridized carbons (Fsp3) is 0.643. The number of aliphatic hydroxyl groups is 1. The largest absolute Gasteiger partial charge is 0.380 e. The van der Waals surface area contributed by atoms with E-state index in [0.29, 0.717) is 30.1 Å². The third kappa shape index (κ3) is 3.34. The van der Waals surface area contributed by atoms with Gasteiger partial charge in [0.15, 0.2) is 0 Å². The number of sulfonamides is 1. The van der Waals surface area contributed by atoms with E-state index in [2.05, 4.69) is 15.9 Å². The van der Waals surface area contributed by atoms with Crippen LogP contribution in [0.2, 0.25) is 0 Å². The van der Waals surface area contributed by atoms with E-state index in [0.717, 1.165) is 16.6 Å². The molecule has 0 aromatic carbocycles. The molecule has 0 spiro atoms. The Morgan fingerprint density at radius 2 is 1.78 bits per heavy atom. The van der Waals surface area contributed by atoms with Crippen LogP contribution >= 0.6 is 27.3 Å². The summed E-state index contributed by atoms with van der Waals surface area (Å²) in [5.74, 6) is -0.245. The van der Waals surface area contributed by atoms with Crippen molar-refractivity contribution in [3.05, 3.63) is 15.9 Å². The number of carbonyl (C=O) groups excluding carboxylic acids is 1. The maximum absolute atomic E-state index is 12.6. The number of hydrogen-bond donors (Lipinski definition) is 1. The first-order chi connectivity index (χ1) is 10.8. The van der Waals surface area contributed by atoms with E-state index in [1.807, 2.05) is 0 Å². The smallest absolute Gasteiger partial charge is 0.254 e. The number of rotatable bonds is 3. The van der Waals surface area contributed by atoms with Crippen LogP contribution in [0, 0.1) is 0 Å². The van der Waals surface area contributed by atoms with Crippen LogP contribution in [-0.2, 0) is 14.8 Å².